The lowest BCUT2D eigenvalue weighted by Gasteiger charge is -2.22. The Morgan fingerprint density at radius 1 is 1.33 bits per heavy atom. The van der Waals surface area contributed by atoms with E-state index in [1.807, 2.05) is 38.6 Å². The van der Waals surface area contributed by atoms with Crippen molar-refractivity contribution in [3.8, 4) is 5.75 Å². The third kappa shape index (κ3) is 7.40. The minimum atomic E-state index is 0. The van der Waals surface area contributed by atoms with Crippen LogP contribution in [0.5, 0.6) is 5.75 Å². The Balaban J connectivity index is 0.00000364. The summed E-state index contributed by atoms with van der Waals surface area (Å²) in [6.07, 6.45) is 3.88. The summed E-state index contributed by atoms with van der Waals surface area (Å²) < 4.78 is 7.69. The number of benzene rings is 1. The SMILES string of the molecule is CN=C(NCCOc1cccc(C(C)(C)C)c1)N(C)Cc1cnn(C)c1.I. The zero-order valence-electron chi connectivity index (χ0n) is 17.2. The molecule has 2 aromatic rings. The molecule has 2 rings (SSSR count). The summed E-state index contributed by atoms with van der Waals surface area (Å²) in [5.74, 6) is 1.74. The first-order chi connectivity index (χ1) is 12.3. The van der Waals surface area contributed by atoms with Gasteiger partial charge in [0.2, 0.25) is 0 Å². The number of rotatable bonds is 6. The van der Waals surface area contributed by atoms with Gasteiger partial charge in [-0.25, -0.2) is 0 Å². The molecule has 150 valence electrons. The van der Waals surface area contributed by atoms with Gasteiger partial charge >= 0.3 is 0 Å². The molecule has 1 heterocycles. The number of aryl methyl sites for hydroxylation is 1. The maximum atomic E-state index is 5.89. The molecule has 0 spiro atoms. The Bertz CT molecular complexity index is 736. The highest BCUT2D eigenvalue weighted by Gasteiger charge is 2.14. The summed E-state index contributed by atoms with van der Waals surface area (Å²) in [5.41, 5.74) is 2.54. The van der Waals surface area contributed by atoms with Crippen LogP contribution in [0.1, 0.15) is 31.9 Å². The quantitative estimate of drug-likeness (QED) is 0.295. The van der Waals surface area contributed by atoms with E-state index in [-0.39, 0.29) is 29.4 Å². The molecule has 1 N–H and O–H groups in total. The average Bonchev–Trinajstić information content (AvgIpc) is 2.99. The fraction of sp³-hybridized carbons (Fsp3) is 0.500. The van der Waals surface area contributed by atoms with Crippen LogP contribution in [-0.4, -0.2) is 47.9 Å². The summed E-state index contributed by atoms with van der Waals surface area (Å²) in [7, 11) is 5.72. The smallest absolute Gasteiger partial charge is 0.193 e. The maximum Gasteiger partial charge on any atom is 0.193 e. The monoisotopic (exact) mass is 485 g/mol. The predicted octanol–water partition coefficient (Wildman–Crippen LogP) is 3.42. The van der Waals surface area contributed by atoms with E-state index in [9.17, 15) is 0 Å². The van der Waals surface area contributed by atoms with Gasteiger partial charge < -0.3 is 15.0 Å². The van der Waals surface area contributed by atoms with Crippen LogP contribution < -0.4 is 10.1 Å². The molecule has 7 heteroatoms. The van der Waals surface area contributed by atoms with Crippen molar-refractivity contribution in [1.29, 1.82) is 0 Å². The lowest BCUT2D eigenvalue weighted by Crippen LogP contribution is -2.40. The summed E-state index contributed by atoms with van der Waals surface area (Å²) >= 11 is 0. The second kappa shape index (κ2) is 10.5. The average molecular weight is 485 g/mol. The molecular formula is C20H32IN5O. The molecular weight excluding hydrogens is 453 g/mol. The number of halogens is 1. The van der Waals surface area contributed by atoms with Gasteiger partial charge in [-0.1, -0.05) is 32.9 Å². The number of nitrogens with zero attached hydrogens (tertiary/aromatic N) is 4. The van der Waals surface area contributed by atoms with Crippen LogP contribution in [0.4, 0.5) is 0 Å². The molecule has 0 radical (unpaired) electrons. The van der Waals surface area contributed by atoms with Gasteiger partial charge in [0.05, 0.1) is 12.7 Å². The van der Waals surface area contributed by atoms with Gasteiger partial charge in [-0.2, -0.15) is 5.10 Å². The van der Waals surface area contributed by atoms with Crippen molar-refractivity contribution in [1.82, 2.24) is 20.0 Å². The van der Waals surface area contributed by atoms with Crippen molar-refractivity contribution in [3.63, 3.8) is 0 Å². The Morgan fingerprint density at radius 3 is 2.67 bits per heavy atom. The Labute approximate surface area is 180 Å². The van der Waals surface area contributed by atoms with Crippen LogP contribution in [0.25, 0.3) is 0 Å². The predicted molar refractivity (Wildman–Crippen MR) is 122 cm³/mol. The number of hydrogen-bond donors (Lipinski definition) is 1. The largest absolute Gasteiger partial charge is 0.492 e. The highest BCUT2D eigenvalue weighted by molar-refractivity contribution is 14.0. The highest BCUT2D eigenvalue weighted by Crippen LogP contribution is 2.25. The van der Waals surface area contributed by atoms with Gasteiger partial charge in [0.15, 0.2) is 5.96 Å². The molecule has 0 unspecified atom stereocenters. The zero-order valence-corrected chi connectivity index (χ0v) is 19.5. The van der Waals surface area contributed by atoms with E-state index in [2.05, 4.69) is 53.2 Å². The van der Waals surface area contributed by atoms with Crippen LogP contribution in [0.15, 0.2) is 41.7 Å². The minimum Gasteiger partial charge on any atom is -0.492 e. The number of guanidine groups is 1. The molecule has 1 aromatic heterocycles. The van der Waals surface area contributed by atoms with E-state index in [0.717, 1.165) is 23.8 Å². The molecule has 27 heavy (non-hydrogen) atoms. The van der Waals surface area contributed by atoms with E-state index in [0.29, 0.717) is 13.2 Å². The first-order valence-corrected chi connectivity index (χ1v) is 8.92. The third-order valence-corrected chi connectivity index (χ3v) is 4.11. The van der Waals surface area contributed by atoms with Crippen LogP contribution in [0, 0.1) is 0 Å². The van der Waals surface area contributed by atoms with Crippen molar-refractivity contribution >= 4 is 29.9 Å². The van der Waals surface area contributed by atoms with E-state index in [1.54, 1.807) is 11.7 Å². The van der Waals surface area contributed by atoms with E-state index >= 15 is 0 Å². The highest BCUT2D eigenvalue weighted by atomic mass is 127. The number of nitrogens with one attached hydrogen (secondary N) is 1. The molecule has 0 fully saturated rings. The van der Waals surface area contributed by atoms with Crippen LogP contribution in [-0.2, 0) is 19.0 Å². The number of aromatic nitrogens is 2. The van der Waals surface area contributed by atoms with Crippen LogP contribution >= 0.6 is 24.0 Å². The second-order valence-electron chi connectivity index (χ2n) is 7.48. The molecule has 0 aliphatic carbocycles. The standard InChI is InChI=1S/C20H31N5O.HI/c1-20(2,3)17-8-7-9-18(12-17)26-11-10-22-19(21-4)24(5)14-16-13-23-25(6)15-16;/h7-9,12-13,15H,10-11,14H2,1-6H3,(H,21,22);1H. The lowest BCUT2D eigenvalue weighted by molar-refractivity contribution is 0.318. The Kier molecular flexibility index (Phi) is 9.08. The van der Waals surface area contributed by atoms with Crippen LogP contribution in [0.2, 0.25) is 0 Å². The van der Waals surface area contributed by atoms with Gasteiger partial charge in [-0.05, 0) is 23.1 Å². The Morgan fingerprint density at radius 2 is 2.07 bits per heavy atom. The van der Waals surface area contributed by atoms with Gasteiger partial charge in [0, 0.05) is 39.4 Å². The summed E-state index contributed by atoms with van der Waals surface area (Å²) in [6, 6.07) is 8.30. The van der Waals surface area contributed by atoms with Gasteiger partial charge in [0.1, 0.15) is 12.4 Å². The third-order valence-electron chi connectivity index (χ3n) is 4.11. The maximum absolute atomic E-state index is 5.89. The Hall–Kier alpha value is -1.77. The molecule has 0 saturated heterocycles. The van der Waals surface area contributed by atoms with E-state index in [4.69, 9.17) is 4.74 Å². The topological polar surface area (TPSA) is 54.7 Å². The number of ether oxygens (including phenoxy) is 1. The van der Waals surface area contributed by atoms with Gasteiger partial charge in [-0.15, -0.1) is 24.0 Å². The van der Waals surface area contributed by atoms with E-state index < -0.39 is 0 Å². The first-order valence-electron chi connectivity index (χ1n) is 8.92. The number of aliphatic imine (C=N–C) groups is 1. The van der Waals surface area contributed by atoms with Crippen molar-refractivity contribution in [2.75, 3.05) is 27.2 Å². The molecule has 0 aliphatic heterocycles. The van der Waals surface area contributed by atoms with Crippen LogP contribution in [0.3, 0.4) is 0 Å². The fourth-order valence-corrected chi connectivity index (χ4v) is 2.67. The van der Waals surface area contributed by atoms with Crippen molar-refractivity contribution in [2.24, 2.45) is 12.0 Å². The molecule has 0 atom stereocenters. The minimum absolute atomic E-state index is 0. The van der Waals surface area contributed by atoms with Crippen molar-refractivity contribution in [2.45, 2.75) is 32.7 Å². The zero-order chi connectivity index (χ0) is 19.2. The molecule has 6 nitrogen and oxygen atoms in total. The summed E-state index contributed by atoms with van der Waals surface area (Å²) in [6.45, 7) is 8.63. The molecule has 0 aliphatic rings. The van der Waals surface area contributed by atoms with Gasteiger partial charge in [0.25, 0.3) is 0 Å². The van der Waals surface area contributed by atoms with Gasteiger partial charge in [-0.3, -0.25) is 9.67 Å². The number of hydrogen-bond acceptors (Lipinski definition) is 3. The van der Waals surface area contributed by atoms with Crippen molar-refractivity contribution < 1.29 is 4.74 Å². The second-order valence-corrected chi connectivity index (χ2v) is 7.48. The molecule has 0 amide bonds. The summed E-state index contributed by atoms with van der Waals surface area (Å²) in [5, 5.41) is 7.53. The molecule has 0 bridgehead atoms. The normalized spacial score (nSPS) is 11.7. The van der Waals surface area contributed by atoms with Crippen molar-refractivity contribution in [3.05, 3.63) is 47.8 Å². The lowest BCUT2D eigenvalue weighted by atomic mass is 9.87. The summed E-state index contributed by atoms with van der Waals surface area (Å²) in [4.78, 5) is 6.40. The fourth-order valence-electron chi connectivity index (χ4n) is 2.67. The first kappa shape index (κ1) is 23.3. The molecule has 1 aromatic carbocycles. The molecule has 0 saturated carbocycles. The van der Waals surface area contributed by atoms with E-state index in [1.165, 1.54) is 5.56 Å².